The molecule has 1 nitrogen and oxygen atoms in total. The van der Waals surface area contributed by atoms with E-state index in [-0.39, 0.29) is 22.8 Å². The van der Waals surface area contributed by atoms with E-state index in [0.29, 0.717) is 0 Å². The van der Waals surface area contributed by atoms with Crippen molar-refractivity contribution in [1.82, 2.24) is 0 Å². The van der Waals surface area contributed by atoms with Crippen molar-refractivity contribution in [3.8, 4) is 0 Å². The van der Waals surface area contributed by atoms with Gasteiger partial charge in [0.1, 0.15) is 0 Å². The third-order valence-electron chi connectivity index (χ3n) is 0. The van der Waals surface area contributed by atoms with Crippen LogP contribution in [-0.4, -0.2) is 57.1 Å². The van der Waals surface area contributed by atoms with E-state index in [1.54, 1.807) is 0 Å². The van der Waals surface area contributed by atoms with Gasteiger partial charge in [-0.15, -0.1) is 0 Å². The molecule has 0 atom stereocenters. The van der Waals surface area contributed by atoms with Crippen LogP contribution in [0.15, 0.2) is 0 Å². The van der Waals surface area contributed by atoms with Crippen LogP contribution >= 0.6 is 6.39 Å². The summed E-state index contributed by atoms with van der Waals surface area (Å²) in [6, 6.07) is 0. The Bertz CT molecular complexity index is 8.00. The van der Waals surface area contributed by atoms with Crippen LogP contribution in [0.1, 0.15) is 0 Å². The average molecular weight is 121 g/mol. The summed E-state index contributed by atoms with van der Waals surface area (Å²) >= 11 is 0.847. The number of hydrogen-bond donors (Lipinski definition) is 0. The monoisotopic (exact) mass is 120 g/mol. The van der Waals surface area contributed by atoms with E-state index in [2.05, 4.69) is 0 Å². The van der Waals surface area contributed by atoms with Crippen LogP contribution in [-0.2, 0) is 0 Å². The van der Waals surface area contributed by atoms with E-state index in [4.69, 9.17) is 6.39 Å². The van der Waals surface area contributed by atoms with Gasteiger partial charge >= 0.3 is 40.7 Å². The second-order valence-electron chi connectivity index (χ2n) is 0. The van der Waals surface area contributed by atoms with Crippen LogP contribution in [0, 0.1) is 0 Å². The SMILES string of the molecule is O.[Al].[Cl][Ca+2]. The average Bonchev–Trinajstić information content (AvgIpc) is 1.00. The van der Waals surface area contributed by atoms with E-state index in [1.807, 2.05) is 0 Å². The van der Waals surface area contributed by atoms with Crippen LogP contribution in [0.3, 0.4) is 0 Å². The van der Waals surface area contributed by atoms with Crippen molar-refractivity contribution < 1.29 is 5.48 Å². The number of halogens is 1. The fourth-order valence-electron chi connectivity index (χ4n) is 0. The van der Waals surface area contributed by atoms with Gasteiger partial charge in [0.2, 0.25) is 0 Å². The Morgan fingerprint density at radius 3 is 1.25 bits per heavy atom. The van der Waals surface area contributed by atoms with Gasteiger partial charge in [-0.1, -0.05) is 0 Å². The fourth-order valence-corrected chi connectivity index (χ4v) is 0. The Morgan fingerprint density at radius 2 is 1.25 bits per heavy atom. The molecule has 0 aromatic rings. The number of rotatable bonds is 0. The Morgan fingerprint density at radius 1 is 1.25 bits per heavy atom. The quantitative estimate of drug-likeness (QED) is 0.371. The van der Waals surface area contributed by atoms with Gasteiger partial charge in [-0.3, -0.25) is 0 Å². The van der Waals surface area contributed by atoms with Crippen LogP contribution in [0.5, 0.6) is 0 Å². The van der Waals surface area contributed by atoms with E-state index in [9.17, 15) is 0 Å². The topological polar surface area (TPSA) is 31.5 Å². The van der Waals surface area contributed by atoms with Crippen molar-refractivity contribution in [1.29, 1.82) is 0 Å². The third kappa shape index (κ3) is 8.97. The predicted molar refractivity (Wildman–Crippen MR) is 21.0 cm³/mol. The molecule has 0 amide bonds. The van der Waals surface area contributed by atoms with Gasteiger partial charge in [-0.25, -0.2) is 0 Å². The fraction of sp³-hybridized carbons (Fsp3) is 0. The van der Waals surface area contributed by atoms with Crippen molar-refractivity contribution >= 4 is 58.0 Å². The molecule has 0 heterocycles. The van der Waals surface area contributed by atoms with Crippen molar-refractivity contribution in [3.05, 3.63) is 0 Å². The van der Waals surface area contributed by atoms with E-state index in [1.165, 1.54) is 0 Å². The van der Waals surface area contributed by atoms with Crippen molar-refractivity contribution in [2.24, 2.45) is 0 Å². The molecule has 0 spiro atoms. The van der Waals surface area contributed by atoms with E-state index >= 15 is 0 Å². The molecule has 2 N–H and O–H groups in total. The first-order valence-corrected chi connectivity index (χ1v) is 3.31. The molecule has 4 heteroatoms. The van der Waals surface area contributed by atoms with Crippen LogP contribution < -0.4 is 0 Å². The van der Waals surface area contributed by atoms with Gasteiger partial charge in [0.15, 0.2) is 0 Å². The summed E-state index contributed by atoms with van der Waals surface area (Å²) in [5, 5.41) is 0. The van der Waals surface area contributed by atoms with Gasteiger partial charge < -0.3 is 5.48 Å². The molecule has 0 saturated carbocycles. The summed E-state index contributed by atoms with van der Waals surface area (Å²) in [5.41, 5.74) is 0. The molecule has 4 heavy (non-hydrogen) atoms. The Kier molecular flexibility index (Phi) is 82.0. The van der Waals surface area contributed by atoms with Gasteiger partial charge in [0, 0.05) is 17.4 Å². The summed E-state index contributed by atoms with van der Waals surface area (Å²) in [4.78, 5) is 0. The Balaban J connectivity index is -0.00000000500. The maximum absolute atomic E-state index is 4.76. The molecule has 0 rings (SSSR count). The second-order valence-corrected chi connectivity index (χ2v) is 0. The zero-order valence-corrected chi connectivity index (χ0v) is 6.28. The molecule has 0 fully saturated rings. The molecule has 0 aliphatic carbocycles. The van der Waals surface area contributed by atoms with E-state index in [0.717, 1.165) is 34.3 Å². The van der Waals surface area contributed by atoms with Gasteiger partial charge in [-0.05, 0) is 0 Å². The van der Waals surface area contributed by atoms with Crippen molar-refractivity contribution in [3.63, 3.8) is 0 Å². The molecule has 0 bridgehead atoms. The van der Waals surface area contributed by atoms with Gasteiger partial charge in [-0.2, -0.15) is 0 Å². The van der Waals surface area contributed by atoms with Crippen LogP contribution in [0.2, 0.25) is 0 Å². The zero-order valence-electron chi connectivity index (χ0n) is 2.16. The summed E-state index contributed by atoms with van der Waals surface area (Å²) in [6.07, 6.45) is 4.76. The number of hydrogen-bond acceptors (Lipinski definition) is 0. The van der Waals surface area contributed by atoms with Gasteiger partial charge in [0.05, 0.1) is 0 Å². The Labute approximate surface area is 62.5 Å². The molecule has 0 aromatic carbocycles. The molecular weight excluding hydrogens is 119 g/mol. The molecule has 0 saturated heterocycles. The predicted octanol–water partition coefficient (Wildman–Crippen LogP) is -0.897. The van der Waals surface area contributed by atoms with E-state index < -0.39 is 0 Å². The molecule has 10 radical (unpaired) electrons. The first-order chi connectivity index (χ1) is 1.00. The standard InChI is InChI=1S/Al.Ca.ClH.H2O/h;;1H;1H2/q;+3;;/p-1. The minimum absolute atomic E-state index is 0. The summed E-state index contributed by atoms with van der Waals surface area (Å²) in [7, 11) is 0. The van der Waals surface area contributed by atoms with Gasteiger partial charge in [0.25, 0.3) is 0 Å². The second kappa shape index (κ2) is 19.8. The molecular formula is H2AlCaClO+2. The Hall–Kier alpha value is 2.04. The normalized spacial score (nSPS) is 1.50. The van der Waals surface area contributed by atoms with Crippen molar-refractivity contribution in [2.45, 2.75) is 0 Å². The summed E-state index contributed by atoms with van der Waals surface area (Å²) in [6.45, 7) is 0. The third-order valence-corrected chi connectivity index (χ3v) is 0. The molecule has 0 aliphatic rings. The summed E-state index contributed by atoms with van der Waals surface area (Å²) in [5.74, 6) is 0. The molecule has 0 unspecified atom stereocenters. The zero-order chi connectivity index (χ0) is 2.00. The first-order valence-electron chi connectivity index (χ1n) is 0.267. The first kappa shape index (κ1) is 16.6. The molecule has 18 valence electrons. The minimum atomic E-state index is 0. The summed E-state index contributed by atoms with van der Waals surface area (Å²) < 4.78 is 0. The maximum atomic E-state index is 4.76. The van der Waals surface area contributed by atoms with Crippen LogP contribution in [0.25, 0.3) is 0 Å². The van der Waals surface area contributed by atoms with Crippen molar-refractivity contribution in [2.75, 3.05) is 0 Å². The molecule has 0 aliphatic heterocycles. The molecule has 0 aromatic heterocycles. The van der Waals surface area contributed by atoms with Crippen LogP contribution in [0.4, 0.5) is 0 Å².